The Hall–Kier alpha value is -4.05. The Bertz CT molecular complexity index is 1480. The SMILES string of the molecule is CCC(OC(=O)c1ccc2nc(-c3cccnc3)[nH]c2c1)C(=O)Nc1sc2c(c1C(=O)OC)CCCC2. The molecule has 1 aromatic carbocycles. The van der Waals surface area contributed by atoms with Gasteiger partial charge in [0, 0.05) is 22.8 Å². The molecule has 1 aliphatic rings. The van der Waals surface area contributed by atoms with Gasteiger partial charge in [-0.05, 0) is 68.0 Å². The highest BCUT2D eigenvalue weighted by molar-refractivity contribution is 7.17. The number of methoxy groups -OCH3 is 1. The van der Waals surface area contributed by atoms with Crippen molar-refractivity contribution in [2.75, 3.05) is 12.4 Å². The summed E-state index contributed by atoms with van der Waals surface area (Å²) in [5, 5.41) is 3.27. The number of imidazole rings is 1. The molecule has 37 heavy (non-hydrogen) atoms. The molecule has 0 saturated heterocycles. The third-order valence-corrected chi connectivity index (χ3v) is 7.57. The van der Waals surface area contributed by atoms with Crippen molar-refractivity contribution in [3.05, 3.63) is 64.3 Å². The quantitative estimate of drug-likeness (QED) is 0.333. The van der Waals surface area contributed by atoms with E-state index in [2.05, 4.69) is 20.3 Å². The van der Waals surface area contributed by atoms with Crippen LogP contribution in [0.3, 0.4) is 0 Å². The Morgan fingerprint density at radius 3 is 2.76 bits per heavy atom. The van der Waals surface area contributed by atoms with Gasteiger partial charge in [0.15, 0.2) is 6.10 Å². The first-order valence-corrected chi connectivity index (χ1v) is 12.9. The van der Waals surface area contributed by atoms with E-state index >= 15 is 0 Å². The van der Waals surface area contributed by atoms with E-state index in [1.165, 1.54) is 18.4 Å². The third kappa shape index (κ3) is 4.97. The van der Waals surface area contributed by atoms with Gasteiger partial charge in [0.05, 0.1) is 29.3 Å². The molecule has 5 rings (SSSR count). The second-order valence-electron chi connectivity index (χ2n) is 8.76. The van der Waals surface area contributed by atoms with Gasteiger partial charge in [0.25, 0.3) is 5.91 Å². The average molecular weight is 519 g/mol. The number of carbonyl (C=O) groups excluding carboxylic acids is 3. The number of pyridine rings is 1. The van der Waals surface area contributed by atoms with Crippen LogP contribution in [0, 0.1) is 0 Å². The fourth-order valence-corrected chi connectivity index (χ4v) is 5.74. The number of rotatable bonds is 7. The molecule has 1 unspecified atom stereocenters. The van der Waals surface area contributed by atoms with Crippen molar-refractivity contribution in [3.63, 3.8) is 0 Å². The molecule has 0 spiro atoms. The minimum Gasteiger partial charge on any atom is -0.465 e. The van der Waals surface area contributed by atoms with Crippen LogP contribution in [0.25, 0.3) is 22.4 Å². The summed E-state index contributed by atoms with van der Waals surface area (Å²) in [6, 6.07) is 8.70. The summed E-state index contributed by atoms with van der Waals surface area (Å²) in [6.45, 7) is 1.76. The number of hydrogen-bond donors (Lipinski definition) is 2. The first-order valence-electron chi connectivity index (χ1n) is 12.1. The zero-order valence-electron chi connectivity index (χ0n) is 20.5. The molecule has 0 saturated carbocycles. The second-order valence-corrected chi connectivity index (χ2v) is 9.86. The molecule has 4 aromatic rings. The number of aromatic amines is 1. The van der Waals surface area contributed by atoms with Crippen molar-refractivity contribution < 1.29 is 23.9 Å². The van der Waals surface area contributed by atoms with Crippen LogP contribution in [0.15, 0.2) is 42.7 Å². The number of fused-ring (bicyclic) bond motifs is 2. The van der Waals surface area contributed by atoms with Gasteiger partial charge >= 0.3 is 11.9 Å². The summed E-state index contributed by atoms with van der Waals surface area (Å²) in [5.74, 6) is -0.945. The number of nitrogens with one attached hydrogen (secondary N) is 2. The average Bonchev–Trinajstić information content (AvgIpc) is 3.52. The van der Waals surface area contributed by atoms with Crippen LogP contribution in [0.4, 0.5) is 5.00 Å². The molecule has 2 N–H and O–H groups in total. The Morgan fingerprint density at radius 2 is 2.00 bits per heavy atom. The first-order chi connectivity index (χ1) is 18.0. The number of aromatic nitrogens is 3. The summed E-state index contributed by atoms with van der Waals surface area (Å²) >= 11 is 1.39. The number of thiophene rings is 1. The molecular weight excluding hydrogens is 492 g/mol. The van der Waals surface area contributed by atoms with Crippen molar-refractivity contribution in [1.29, 1.82) is 0 Å². The van der Waals surface area contributed by atoms with Crippen LogP contribution in [-0.2, 0) is 27.1 Å². The molecular formula is C27H26N4O5S. The number of nitrogens with zero attached hydrogens (tertiary/aromatic N) is 2. The first kappa shape index (κ1) is 24.6. The summed E-state index contributed by atoms with van der Waals surface area (Å²) in [7, 11) is 1.33. The van der Waals surface area contributed by atoms with Gasteiger partial charge in [-0.2, -0.15) is 0 Å². The van der Waals surface area contributed by atoms with Gasteiger partial charge in [-0.15, -0.1) is 11.3 Å². The minimum atomic E-state index is -1.03. The standard InChI is InChI=1S/C27H26N4O5S/c1-3-20(24(32)31-25-22(27(34)35-2)17-8-4-5-9-21(17)37-25)36-26(33)15-10-11-18-19(13-15)30-23(29-18)16-7-6-12-28-14-16/h6-7,10-14,20H,3-5,8-9H2,1-2H3,(H,29,30)(H,31,32). The van der Waals surface area contributed by atoms with Crippen molar-refractivity contribution in [2.24, 2.45) is 0 Å². The largest absolute Gasteiger partial charge is 0.465 e. The number of H-pyrrole nitrogens is 1. The van der Waals surface area contributed by atoms with E-state index in [9.17, 15) is 14.4 Å². The van der Waals surface area contributed by atoms with Gasteiger partial charge in [0.1, 0.15) is 10.8 Å². The monoisotopic (exact) mass is 518 g/mol. The number of carbonyl (C=O) groups is 3. The second kappa shape index (κ2) is 10.5. The fraction of sp³-hybridized carbons (Fsp3) is 0.296. The lowest BCUT2D eigenvalue weighted by Gasteiger charge is -2.16. The van der Waals surface area contributed by atoms with Crippen LogP contribution in [0.2, 0.25) is 0 Å². The van der Waals surface area contributed by atoms with Gasteiger partial charge in [-0.1, -0.05) is 6.92 Å². The molecule has 1 amide bonds. The maximum absolute atomic E-state index is 13.1. The van der Waals surface area contributed by atoms with Crippen molar-refractivity contribution >= 4 is 45.2 Å². The number of esters is 2. The van der Waals surface area contributed by atoms with Gasteiger partial charge in [-0.25, -0.2) is 14.6 Å². The van der Waals surface area contributed by atoms with Crippen molar-refractivity contribution in [3.8, 4) is 11.4 Å². The lowest BCUT2D eigenvalue weighted by atomic mass is 9.95. The summed E-state index contributed by atoms with van der Waals surface area (Å²) < 4.78 is 10.6. The zero-order chi connectivity index (χ0) is 25.9. The minimum absolute atomic E-state index is 0.272. The van der Waals surface area contributed by atoms with Crippen molar-refractivity contribution in [1.82, 2.24) is 15.0 Å². The number of benzene rings is 1. The number of hydrogen-bond acceptors (Lipinski definition) is 8. The smallest absolute Gasteiger partial charge is 0.341 e. The lowest BCUT2D eigenvalue weighted by molar-refractivity contribution is -0.124. The normalized spacial score (nSPS) is 13.6. The Labute approximate surface area is 217 Å². The molecule has 3 aromatic heterocycles. The molecule has 1 aliphatic carbocycles. The van der Waals surface area contributed by atoms with E-state index < -0.39 is 23.9 Å². The van der Waals surface area contributed by atoms with E-state index in [0.717, 1.165) is 41.7 Å². The summed E-state index contributed by atoms with van der Waals surface area (Å²) in [4.78, 5) is 51.5. The highest BCUT2D eigenvalue weighted by atomic mass is 32.1. The van der Waals surface area contributed by atoms with Gasteiger partial charge in [0.2, 0.25) is 0 Å². The topological polar surface area (TPSA) is 123 Å². The molecule has 190 valence electrons. The molecule has 0 radical (unpaired) electrons. The predicted octanol–water partition coefficient (Wildman–Crippen LogP) is 4.93. The molecule has 0 aliphatic heterocycles. The molecule has 9 nitrogen and oxygen atoms in total. The Kier molecular flexibility index (Phi) is 7.00. The van der Waals surface area contributed by atoms with Crippen molar-refractivity contribution in [2.45, 2.75) is 45.1 Å². The van der Waals surface area contributed by atoms with Gasteiger partial charge < -0.3 is 19.8 Å². The maximum atomic E-state index is 13.1. The Balaban J connectivity index is 1.33. The number of ether oxygens (including phenoxy) is 2. The van der Waals surface area contributed by atoms with Crippen LogP contribution in [0.5, 0.6) is 0 Å². The highest BCUT2D eigenvalue weighted by Crippen LogP contribution is 2.38. The van der Waals surface area contributed by atoms with Gasteiger partial charge in [-0.3, -0.25) is 9.78 Å². The molecule has 0 fully saturated rings. The highest BCUT2D eigenvalue weighted by Gasteiger charge is 2.29. The number of aryl methyl sites for hydroxylation is 1. The van der Waals surface area contributed by atoms with Crippen LogP contribution in [-0.4, -0.2) is 46.0 Å². The summed E-state index contributed by atoms with van der Waals surface area (Å²) in [5.41, 5.74) is 3.83. The van der Waals surface area contributed by atoms with Crippen LogP contribution >= 0.6 is 11.3 Å². The zero-order valence-corrected chi connectivity index (χ0v) is 21.3. The predicted molar refractivity (Wildman–Crippen MR) is 140 cm³/mol. The molecule has 3 heterocycles. The summed E-state index contributed by atoms with van der Waals surface area (Å²) in [6.07, 6.45) is 6.30. The maximum Gasteiger partial charge on any atom is 0.341 e. The Morgan fingerprint density at radius 1 is 1.16 bits per heavy atom. The third-order valence-electron chi connectivity index (χ3n) is 6.36. The van der Waals surface area contributed by atoms with E-state index in [0.29, 0.717) is 33.0 Å². The fourth-order valence-electron chi connectivity index (χ4n) is 4.46. The number of amides is 1. The lowest BCUT2D eigenvalue weighted by Crippen LogP contribution is -2.32. The van der Waals surface area contributed by atoms with Crippen LogP contribution in [0.1, 0.15) is 57.3 Å². The van der Waals surface area contributed by atoms with E-state index in [1.54, 1.807) is 37.5 Å². The van der Waals surface area contributed by atoms with E-state index in [4.69, 9.17) is 9.47 Å². The molecule has 0 bridgehead atoms. The van der Waals surface area contributed by atoms with E-state index in [1.807, 2.05) is 12.1 Å². The molecule has 10 heteroatoms. The molecule has 1 atom stereocenters. The van der Waals surface area contributed by atoms with E-state index in [-0.39, 0.29) is 6.42 Å². The van der Waals surface area contributed by atoms with Crippen LogP contribution < -0.4 is 5.32 Å². The number of anilines is 1.